The molecule has 1 fully saturated rings. The average molecular weight is 864 g/mol. The molecule has 0 radical (unpaired) electrons. The molecule has 2 amide bonds. The first kappa shape index (κ1) is 43.7. The zero-order valence-electron chi connectivity index (χ0n) is 34.7. The van der Waals surface area contributed by atoms with Gasteiger partial charge < -0.3 is 28.4 Å². The summed E-state index contributed by atoms with van der Waals surface area (Å²) in [4.78, 5) is 42.2. The minimum absolute atomic E-state index is 0.0136. The third-order valence-electron chi connectivity index (χ3n) is 10.9. The fraction of sp³-hybridized carbons (Fsp3) is 0.250. The molecule has 2 aliphatic heterocycles. The van der Waals surface area contributed by atoms with Crippen LogP contribution >= 0.6 is 11.8 Å². The van der Waals surface area contributed by atoms with Gasteiger partial charge >= 0.3 is 5.97 Å². The Bertz CT molecular complexity index is 2360. The molecule has 0 aliphatic carbocycles. The number of rotatable bonds is 21. The summed E-state index contributed by atoms with van der Waals surface area (Å²) in [5.41, 5.74) is 5.04. The molecule has 6 aromatic rings. The number of esters is 1. The second-order valence-corrected chi connectivity index (χ2v) is 16.7. The molecule has 0 bridgehead atoms. The van der Waals surface area contributed by atoms with Crippen molar-refractivity contribution in [3.63, 3.8) is 0 Å². The van der Waals surface area contributed by atoms with Crippen LogP contribution in [0.25, 0.3) is 0 Å². The molecule has 6 aromatic carbocycles. The topological polar surface area (TPSA) is 110 Å². The highest BCUT2D eigenvalue weighted by molar-refractivity contribution is 8.00. The van der Waals surface area contributed by atoms with E-state index >= 15 is 0 Å². The molecule has 0 saturated carbocycles. The number of hydrogen-bond donors (Lipinski definition) is 0. The Hall–Kier alpha value is -5.92. The minimum atomic E-state index is -1.36. The third-order valence-corrected chi connectivity index (χ3v) is 12.4. The van der Waals surface area contributed by atoms with Crippen LogP contribution in [0.3, 0.4) is 0 Å². The van der Waals surface area contributed by atoms with Gasteiger partial charge in [-0.3, -0.25) is 14.5 Å². The summed E-state index contributed by atoms with van der Waals surface area (Å²) >= 11 is 1.24. The van der Waals surface area contributed by atoms with E-state index in [9.17, 15) is 14.4 Å². The van der Waals surface area contributed by atoms with Gasteiger partial charge in [0.1, 0.15) is 31.0 Å². The van der Waals surface area contributed by atoms with Crippen molar-refractivity contribution in [3.8, 4) is 0 Å². The highest BCUT2D eigenvalue weighted by atomic mass is 32.2. The van der Waals surface area contributed by atoms with Crippen molar-refractivity contribution in [1.29, 1.82) is 0 Å². The van der Waals surface area contributed by atoms with Crippen molar-refractivity contribution < 1.29 is 42.8 Å². The van der Waals surface area contributed by atoms with E-state index in [-0.39, 0.29) is 56.5 Å². The van der Waals surface area contributed by atoms with Gasteiger partial charge in [-0.1, -0.05) is 164 Å². The number of fused-ring (bicyclic) bond motifs is 1. The van der Waals surface area contributed by atoms with Crippen molar-refractivity contribution >= 4 is 29.5 Å². The quantitative estimate of drug-likeness (QED) is 0.0515. The van der Waals surface area contributed by atoms with E-state index in [1.54, 1.807) is 24.3 Å². The maximum Gasteiger partial charge on any atom is 0.330 e. The number of ether oxygens (including phenoxy) is 6. The molecule has 63 heavy (non-hydrogen) atoms. The maximum absolute atomic E-state index is 14.4. The summed E-state index contributed by atoms with van der Waals surface area (Å²) < 4.78 is 39.8. The van der Waals surface area contributed by atoms with Gasteiger partial charge in [-0.25, -0.2) is 4.79 Å². The summed E-state index contributed by atoms with van der Waals surface area (Å²) in [6, 6.07) is 53.8. The molecule has 322 valence electrons. The van der Waals surface area contributed by atoms with Crippen LogP contribution in [0, 0.1) is 0 Å². The Balaban J connectivity index is 1.15. The van der Waals surface area contributed by atoms with Crippen molar-refractivity contribution in [2.24, 2.45) is 0 Å². The number of thioether (sulfide) groups is 1. The summed E-state index contributed by atoms with van der Waals surface area (Å²) in [6.45, 7) is 1.13. The number of carbonyl (C=O) groups is 3. The maximum atomic E-state index is 14.4. The Morgan fingerprint density at radius 2 is 0.984 bits per heavy atom. The molecule has 0 aromatic heterocycles. The molecule has 2 heterocycles. The van der Waals surface area contributed by atoms with Crippen LogP contribution in [0.1, 0.15) is 48.5 Å². The second-order valence-electron chi connectivity index (χ2n) is 15.4. The van der Waals surface area contributed by atoms with Crippen molar-refractivity contribution in [2.45, 2.75) is 62.3 Å². The number of amides is 2. The molecule has 1 saturated heterocycles. The summed E-state index contributed by atoms with van der Waals surface area (Å²) in [6.07, 6.45) is -2.18. The lowest BCUT2D eigenvalue weighted by molar-refractivity contribution is -0.148. The molecule has 5 atom stereocenters. The van der Waals surface area contributed by atoms with Gasteiger partial charge in [0.05, 0.1) is 50.8 Å². The van der Waals surface area contributed by atoms with Crippen LogP contribution in [-0.4, -0.2) is 70.9 Å². The Morgan fingerprint density at radius 1 is 0.556 bits per heavy atom. The standard InChI is InChI=1S/C52H49NO9S/c54-49-43-28-16-17-29-44(43)50(55)53(49)45(51(56)61-34-42-26-14-5-15-27-42)36-63-52(37-58-31-39-20-8-2-9-21-39)48(60-33-41-24-12-4-13-25-41)47(59-32-40-22-10-3-11-23-40)46(62-52)35-57-30-38-18-6-1-7-19-38/h1-29,45-48H,30-37H2/t45-,46+,47+,48-,52?/m0/s1. The lowest BCUT2D eigenvalue weighted by atomic mass is 10.1. The first-order valence-corrected chi connectivity index (χ1v) is 22.0. The van der Waals surface area contributed by atoms with Gasteiger partial charge in [-0.15, -0.1) is 11.8 Å². The minimum Gasteiger partial charge on any atom is -0.459 e. The fourth-order valence-corrected chi connectivity index (χ4v) is 9.17. The molecular weight excluding hydrogens is 815 g/mol. The average Bonchev–Trinajstić information content (AvgIpc) is 3.76. The molecule has 0 N–H and O–H groups in total. The molecule has 10 nitrogen and oxygen atoms in total. The molecular formula is C52H49NO9S. The predicted molar refractivity (Wildman–Crippen MR) is 239 cm³/mol. The fourth-order valence-electron chi connectivity index (χ4n) is 7.72. The summed E-state index contributed by atoms with van der Waals surface area (Å²) in [7, 11) is 0. The first-order chi connectivity index (χ1) is 31.0. The Kier molecular flexibility index (Phi) is 14.9. The molecule has 11 heteroatoms. The van der Waals surface area contributed by atoms with Gasteiger partial charge in [-0.05, 0) is 39.9 Å². The number of benzene rings is 6. The largest absolute Gasteiger partial charge is 0.459 e. The van der Waals surface area contributed by atoms with Gasteiger partial charge in [0.25, 0.3) is 11.8 Å². The number of nitrogens with zero attached hydrogens (tertiary/aromatic N) is 1. The number of imide groups is 1. The zero-order valence-corrected chi connectivity index (χ0v) is 35.6. The molecule has 8 rings (SSSR count). The van der Waals surface area contributed by atoms with Crippen molar-refractivity contribution in [3.05, 3.63) is 215 Å². The first-order valence-electron chi connectivity index (χ1n) is 21.0. The van der Waals surface area contributed by atoms with Gasteiger partial charge in [0.15, 0.2) is 4.93 Å². The van der Waals surface area contributed by atoms with E-state index in [2.05, 4.69) is 0 Å². The van der Waals surface area contributed by atoms with Gasteiger partial charge in [-0.2, -0.15) is 0 Å². The van der Waals surface area contributed by atoms with Crippen molar-refractivity contribution in [1.82, 2.24) is 4.90 Å². The van der Waals surface area contributed by atoms with Crippen molar-refractivity contribution in [2.75, 3.05) is 19.0 Å². The van der Waals surface area contributed by atoms with Crippen LogP contribution in [0.5, 0.6) is 0 Å². The van der Waals surface area contributed by atoms with Crippen LogP contribution in [0.15, 0.2) is 176 Å². The van der Waals surface area contributed by atoms with E-state index in [0.717, 1.165) is 32.7 Å². The Labute approximate surface area is 372 Å². The van der Waals surface area contributed by atoms with E-state index in [4.69, 9.17) is 28.4 Å². The van der Waals surface area contributed by atoms with E-state index in [0.29, 0.717) is 6.61 Å². The zero-order chi connectivity index (χ0) is 43.3. The highest BCUT2D eigenvalue weighted by Crippen LogP contribution is 2.46. The lowest BCUT2D eigenvalue weighted by Crippen LogP contribution is -2.51. The number of hydrogen-bond acceptors (Lipinski definition) is 10. The molecule has 1 unspecified atom stereocenters. The SMILES string of the molecule is O=C(OCc1ccccc1)[C@H](CSC1(COCc2ccccc2)O[C@H](COCc2ccccc2)[C@@H](OCc2ccccc2)[C@@H]1OCc1ccccc1)N1C(=O)c2ccccc2C1=O. The lowest BCUT2D eigenvalue weighted by Gasteiger charge is -2.36. The van der Waals surface area contributed by atoms with Gasteiger partial charge in [0.2, 0.25) is 0 Å². The van der Waals surface area contributed by atoms with Crippen LogP contribution < -0.4 is 0 Å². The Morgan fingerprint density at radius 3 is 1.49 bits per heavy atom. The van der Waals surface area contributed by atoms with E-state index < -0.39 is 47.1 Å². The van der Waals surface area contributed by atoms with Crippen LogP contribution in [-0.2, 0) is 66.3 Å². The van der Waals surface area contributed by atoms with Crippen LogP contribution in [0.2, 0.25) is 0 Å². The molecule has 0 spiro atoms. The molecule has 2 aliphatic rings. The van der Waals surface area contributed by atoms with Gasteiger partial charge in [0, 0.05) is 5.75 Å². The van der Waals surface area contributed by atoms with E-state index in [1.807, 2.05) is 152 Å². The number of carbonyl (C=O) groups excluding carboxylic acids is 3. The smallest absolute Gasteiger partial charge is 0.330 e. The summed E-state index contributed by atoms with van der Waals surface area (Å²) in [5, 5.41) is 0. The van der Waals surface area contributed by atoms with Crippen LogP contribution in [0.4, 0.5) is 0 Å². The predicted octanol–water partition coefficient (Wildman–Crippen LogP) is 8.83. The monoisotopic (exact) mass is 863 g/mol. The van der Waals surface area contributed by atoms with E-state index in [1.165, 1.54) is 11.8 Å². The third kappa shape index (κ3) is 11.0. The highest BCUT2D eigenvalue weighted by Gasteiger charge is 2.58. The normalized spacial score (nSPS) is 19.8. The summed E-state index contributed by atoms with van der Waals surface area (Å²) in [5.74, 6) is -2.00. The second kappa shape index (κ2) is 21.4.